The first kappa shape index (κ1) is 14.7. The Labute approximate surface area is 109 Å². The average Bonchev–Trinajstić information content (AvgIpc) is 2.39. The number of carbonyl (C=O) groups excluding carboxylic acids is 1. The average molecular weight is 250 g/mol. The van der Waals surface area contributed by atoms with Crippen LogP contribution in [0, 0.1) is 0 Å². The van der Waals surface area contributed by atoms with Crippen LogP contribution in [0.4, 0.5) is 0 Å². The molecule has 0 heterocycles. The van der Waals surface area contributed by atoms with Crippen molar-refractivity contribution in [1.29, 1.82) is 0 Å². The van der Waals surface area contributed by atoms with Crippen molar-refractivity contribution in [3.63, 3.8) is 0 Å². The van der Waals surface area contributed by atoms with Crippen molar-refractivity contribution >= 4 is 5.91 Å². The van der Waals surface area contributed by atoms with E-state index < -0.39 is 6.10 Å². The summed E-state index contributed by atoms with van der Waals surface area (Å²) in [6.45, 7) is 2.56. The quantitative estimate of drug-likeness (QED) is 0.773. The first-order chi connectivity index (χ1) is 8.69. The van der Waals surface area contributed by atoms with Crippen LogP contribution in [-0.4, -0.2) is 25.6 Å². The van der Waals surface area contributed by atoms with Crippen molar-refractivity contribution in [2.75, 3.05) is 13.7 Å². The van der Waals surface area contributed by atoms with Crippen molar-refractivity contribution in [2.24, 2.45) is 5.73 Å². The van der Waals surface area contributed by atoms with Gasteiger partial charge in [-0.15, -0.1) is 0 Å². The molecule has 100 valence electrons. The molecule has 0 bridgehead atoms. The van der Waals surface area contributed by atoms with E-state index in [4.69, 9.17) is 10.5 Å². The number of amides is 1. The van der Waals surface area contributed by atoms with Crippen LogP contribution in [0.3, 0.4) is 0 Å². The van der Waals surface area contributed by atoms with Gasteiger partial charge in [0.05, 0.1) is 0 Å². The zero-order valence-corrected chi connectivity index (χ0v) is 11.1. The Morgan fingerprint density at radius 1 is 1.39 bits per heavy atom. The van der Waals surface area contributed by atoms with Gasteiger partial charge in [-0.1, -0.05) is 43.7 Å². The third-order valence-corrected chi connectivity index (χ3v) is 2.77. The normalized spacial score (nSPS) is 13.9. The Kier molecular flexibility index (Phi) is 6.39. The lowest BCUT2D eigenvalue weighted by Crippen LogP contribution is -2.39. The molecule has 0 aliphatic rings. The molecule has 0 aliphatic carbocycles. The van der Waals surface area contributed by atoms with Crippen molar-refractivity contribution in [3.8, 4) is 0 Å². The fraction of sp³-hybridized carbons (Fsp3) is 0.500. The Bertz CT molecular complexity index is 354. The zero-order valence-electron chi connectivity index (χ0n) is 11.1. The van der Waals surface area contributed by atoms with Gasteiger partial charge < -0.3 is 15.8 Å². The number of methoxy groups -OCH3 is 1. The number of ether oxygens (including phenoxy) is 1. The zero-order chi connectivity index (χ0) is 13.4. The maximum absolute atomic E-state index is 12.0. The molecule has 18 heavy (non-hydrogen) atoms. The summed E-state index contributed by atoms with van der Waals surface area (Å²) in [6.07, 6.45) is 1.35. The number of hydrogen-bond acceptors (Lipinski definition) is 3. The molecule has 0 saturated heterocycles. The highest BCUT2D eigenvalue weighted by Crippen LogP contribution is 2.15. The molecule has 2 atom stereocenters. The highest BCUT2D eigenvalue weighted by Gasteiger charge is 2.19. The monoisotopic (exact) mass is 250 g/mol. The van der Waals surface area contributed by atoms with E-state index in [1.54, 1.807) is 0 Å². The van der Waals surface area contributed by atoms with Gasteiger partial charge in [0, 0.05) is 19.7 Å². The second-order valence-corrected chi connectivity index (χ2v) is 4.32. The predicted octanol–water partition coefficient (Wildman–Crippen LogP) is 1.62. The molecule has 0 aliphatic heterocycles. The summed E-state index contributed by atoms with van der Waals surface area (Å²) < 4.78 is 5.24. The van der Waals surface area contributed by atoms with E-state index >= 15 is 0 Å². The standard InChI is InChI=1S/C14H22N2O2/c1-3-7-12(15)10-16-14(17)13(18-2)11-8-5-4-6-9-11/h4-6,8-9,12-13H,3,7,10,15H2,1-2H3,(H,16,17). The SMILES string of the molecule is CCCC(N)CNC(=O)C(OC)c1ccccc1. The van der Waals surface area contributed by atoms with Crippen LogP contribution < -0.4 is 11.1 Å². The van der Waals surface area contributed by atoms with E-state index in [2.05, 4.69) is 12.2 Å². The Balaban J connectivity index is 2.53. The number of nitrogens with one attached hydrogen (secondary N) is 1. The van der Waals surface area contributed by atoms with Crippen molar-refractivity contribution in [3.05, 3.63) is 35.9 Å². The topological polar surface area (TPSA) is 64.3 Å². The minimum absolute atomic E-state index is 0.00669. The molecule has 1 aromatic rings. The molecule has 0 aromatic heterocycles. The van der Waals surface area contributed by atoms with Gasteiger partial charge in [-0.2, -0.15) is 0 Å². The molecule has 0 fully saturated rings. The molecule has 2 unspecified atom stereocenters. The Morgan fingerprint density at radius 3 is 2.61 bits per heavy atom. The van der Waals surface area contributed by atoms with Crippen LogP contribution >= 0.6 is 0 Å². The molecular formula is C14H22N2O2. The van der Waals surface area contributed by atoms with Gasteiger partial charge in [-0.3, -0.25) is 4.79 Å². The van der Waals surface area contributed by atoms with Crippen LogP contribution in [0.2, 0.25) is 0 Å². The maximum Gasteiger partial charge on any atom is 0.253 e. The van der Waals surface area contributed by atoms with Crippen molar-refractivity contribution in [2.45, 2.75) is 31.9 Å². The number of carbonyl (C=O) groups is 1. The molecule has 4 nitrogen and oxygen atoms in total. The summed E-state index contributed by atoms with van der Waals surface area (Å²) in [5.41, 5.74) is 6.71. The molecule has 0 saturated carbocycles. The summed E-state index contributed by atoms with van der Waals surface area (Å²) in [6, 6.07) is 9.44. The summed E-state index contributed by atoms with van der Waals surface area (Å²) in [5, 5.41) is 2.83. The summed E-state index contributed by atoms with van der Waals surface area (Å²) in [7, 11) is 1.53. The molecular weight excluding hydrogens is 228 g/mol. The van der Waals surface area contributed by atoms with E-state index in [0.717, 1.165) is 18.4 Å². The van der Waals surface area contributed by atoms with E-state index in [9.17, 15) is 4.79 Å². The smallest absolute Gasteiger partial charge is 0.253 e. The van der Waals surface area contributed by atoms with Gasteiger partial charge in [-0.05, 0) is 12.0 Å². The molecule has 1 amide bonds. The predicted molar refractivity (Wildman–Crippen MR) is 72.1 cm³/mol. The van der Waals surface area contributed by atoms with Crippen molar-refractivity contribution < 1.29 is 9.53 Å². The van der Waals surface area contributed by atoms with Crippen LogP contribution in [-0.2, 0) is 9.53 Å². The lowest BCUT2D eigenvalue weighted by molar-refractivity contribution is -0.131. The van der Waals surface area contributed by atoms with Gasteiger partial charge in [0.25, 0.3) is 5.91 Å². The second-order valence-electron chi connectivity index (χ2n) is 4.32. The first-order valence-electron chi connectivity index (χ1n) is 6.30. The molecule has 0 spiro atoms. The fourth-order valence-electron chi connectivity index (χ4n) is 1.82. The van der Waals surface area contributed by atoms with Crippen LogP contribution in [0.5, 0.6) is 0 Å². The van der Waals surface area contributed by atoms with E-state index in [-0.39, 0.29) is 11.9 Å². The maximum atomic E-state index is 12.0. The van der Waals surface area contributed by atoms with Crippen molar-refractivity contribution in [1.82, 2.24) is 5.32 Å². The number of nitrogens with two attached hydrogens (primary N) is 1. The van der Waals surface area contributed by atoms with E-state index in [0.29, 0.717) is 6.54 Å². The van der Waals surface area contributed by atoms with Gasteiger partial charge in [0.1, 0.15) is 0 Å². The number of hydrogen-bond donors (Lipinski definition) is 2. The molecule has 3 N–H and O–H groups in total. The molecule has 1 rings (SSSR count). The van der Waals surface area contributed by atoms with Crippen LogP contribution in [0.1, 0.15) is 31.4 Å². The van der Waals surface area contributed by atoms with E-state index in [1.165, 1.54) is 7.11 Å². The third kappa shape index (κ3) is 4.47. The van der Waals surface area contributed by atoms with Crippen LogP contribution in [0.15, 0.2) is 30.3 Å². The summed E-state index contributed by atoms with van der Waals surface area (Å²) in [4.78, 5) is 12.0. The highest BCUT2D eigenvalue weighted by molar-refractivity contribution is 5.82. The molecule has 4 heteroatoms. The first-order valence-corrected chi connectivity index (χ1v) is 6.30. The van der Waals surface area contributed by atoms with E-state index in [1.807, 2.05) is 30.3 Å². The lowest BCUT2D eigenvalue weighted by Gasteiger charge is -2.17. The molecule has 1 aromatic carbocycles. The van der Waals surface area contributed by atoms with Gasteiger partial charge in [0.15, 0.2) is 6.10 Å². The van der Waals surface area contributed by atoms with Gasteiger partial charge in [-0.25, -0.2) is 0 Å². The second kappa shape index (κ2) is 7.84. The molecule has 0 radical (unpaired) electrons. The summed E-state index contributed by atoms with van der Waals surface area (Å²) >= 11 is 0. The van der Waals surface area contributed by atoms with Gasteiger partial charge in [0.2, 0.25) is 0 Å². The highest BCUT2D eigenvalue weighted by atomic mass is 16.5. The Hall–Kier alpha value is -1.39. The fourth-order valence-corrected chi connectivity index (χ4v) is 1.82. The third-order valence-electron chi connectivity index (χ3n) is 2.77. The summed E-state index contributed by atoms with van der Waals surface area (Å²) in [5.74, 6) is -0.143. The largest absolute Gasteiger partial charge is 0.367 e. The number of rotatable bonds is 7. The van der Waals surface area contributed by atoms with Gasteiger partial charge >= 0.3 is 0 Å². The minimum atomic E-state index is -0.569. The number of benzene rings is 1. The lowest BCUT2D eigenvalue weighted by atomic mass is 10.1. The van der Waals surface area contributed by atoms with Crippen LogP contribution in [0.25, 0.3) is 0 Å². The Morgan fingerprint density at radius 2 is 2.06 bits per heavy atom. The minimum Gasteiger partial charge on any atom is -0.367 e.